The Hall–Kier alpha value is -1.50. The first-order valence-electron chi connectivity index (χ1n) is 10.6. The smallest absolute Gasteiger partial charge is 0.159 e. The molecule has 0 unspecified atom stereocenters. The van der Waals surface area contributed by atoms with Gasteiger partial charge in [-0.3, -0.25) is 0 Å². The molecule has 4 nitrogen and oxygen atoms in total. The van der Waals surface area contributed by atoms with Gasteiger partial charge in [0.1, 0.15) is 12.2 Å². The Balaban J connectivity index is 1.71. The second-order valence-electron chi connectivity index (χ2n) is 7.77. The van der Waals surface area contributed by atoms with Gasteiger partial charge in [0.2, 0.25) is 0 Å². The molecule has 0 saturated carbocycles. The molecule has 2 aromatic carbocycles. The van der Waals surface area contributed by atoms with Crippen molar-refractivity contribution in [3.8, 4) is 0 Å². The quantitative estimate of drug-likeness (QED) is 0.311. The van der Waals surface area contributed by atoms with Crippen LogP contribution >= 0.6 is 15.9 Å². The normalized spacial score (nSPS) is 31.5. The van der Waals surface area contributed by atoms with Gasteiger partial charge in [-0.2, -0.15) is 0 Å². The predicted octanol–water partition coefficient (Wildman–Crippen LogP) is 5.60. The fraction of sp³-hybridized carbons (Fsp3) is 0.440. The Morgan fingerprint density at radius 2 is 1.53 bits per heavy atom. The predicted molar refractivity (Wildman–Crippen MR) is 121 cm³/mol. The summed E-state index contributed by atoms with van der Waals surface area (Å²) in [6.45, 7) is 1.04. The maximum absolute atomic E-state index is 6.83. The van der Waals surface area contributed by atoms with E-state index in [1.807, 2.05) is 24.3 Å². The summed E-state index contributed by atoms with van der Waals surface area (Å²) in [6, 6.07) is 20.7. The summed E-state index contributed by atoms with van der Waals surface area (Å²) in [7, 11) is 1.68. The van der Waals surface area contributed by atoms with Crippen molar-refractivity contribution in [2.75, 3.05) is 20.3 Å². The molecule has 0 N–H and O–H groups in total. The number of allylic oxidation sites excluding steroid dienone is 1. The highest BCUT2D eigenvalue weighted by Gasteiger charge is 2.41. The number of fused-ring (bicyclic) bond motifs is 1. The van der Waals surface area contributed by atoms with Crippen LogP contribution in [0, 0.1) is 5.92 Å². The van der Waals surface area contributed by atoms with E-state index in [1.165, 1.54) is 0 Å². The van der Waals surface area contributed by atoms with Gasteiger partial charge in [0.15, 0.2) is 6.29 Å². The van der Waals surface area contributed by atoms with E-state index < -0.39 is 0 Å². The number of hydrogen-bond donors (Lipinski definition) is 0. The van der Waals surface area contributed by atoms with Crippen LogP contribution in [-0.2, 0) is 18.9 Å². The number of halogens is 1. The van der Waals surface area contributed by atoms with Gasteiger partial charge in [-0.25, -0.2) is 0 Å². The highest BCUT2D eigenvalue weighted by atomic mass is 79.9. The maximum Gasteiger partial charge on any atom is 0.159 e. The Labute approximate surface area is 187 Å². The van der Waals surface area contributed by atoms with Gasteiger partial charge in [0.25, 0.3) is 0 Å². The van der Waals surface area contributed by atoms with E-state index in [0.717, 1.165) is 24.0 Å². The maximum atomic E-state index is 6.83. The number of methoxy groups -OCH3 is 1. The van der Waals surface area contributed by atoms with Crippen molar-refractivity contribution < 1.29 is 18.9 Å². The SMILES string of the molecule is COCCO[C@H]1C[C@@H]2C=CC[C@@H](Br)[C@@H]2O[C@H](c2ccccc2)[C@@H](c2ccccc2)O1. The standard InChI is InChI=1S/C25H29BrO4/c1-27-15-16-28-22-17-20-13-8-14-21(26)23(20)30-25(19-11-6-3-7-12-19)24(29-22)18-9-4-2-5-10-18/h2-13,20-25H,14-17H2,1H3/t20-,21+,22+,23+,24+,25+/m0/s1. The van der Waals surface area contributed by atoms with Crippen LogP contribution in [0.15, 0.2) is 72.8 Å². The van der Waals surface area contributed by atoms with Crippen LogP contribution < -0.4 is 0 Å². The summed E-state index contributed by atoms with van der Waals surface area (Å²) < 4.78 is 24.8. The van der Waals surface area contributed by atoms with Crippen LogP contribution in [0.1, 0.15) is 36.2 Å². The minimum Gasteiger partial charge on any atom is -0.382 e. The number of hydrogen-bond acceptors (Lipinski definition) is 4. The Kier molecular flexibility index (Phi) is 7.74. The molecule has 0 aromatic heterocycles. The van der Waals surface area contributed by atoms with E-state index in [9.17, 15) is 0 Å². The Morgan fingerprint density at radius 1 is 0.900 bits per heavy atom. The first-order chi connectivity index (χ1) is 14.8. The minimum atomic E-state index is -0.338. The van der Waals surface area contributed by atoms with Crippen molar-refractivity contribution in [2.45, 2.75) is 42.3 Å². The van der Waals surface area contributed by atoms with Crippen molar-refractivity contribution in [3.05, 3.63) is 83.9 Å². The van der Waals surface area contributed by atoms with Crippen LogP contribution in [0.3, 0.4) is 0 Å². The zero-order chi connectivity index (χ0) is 20.8. The van der Waals surface area contributed by atoms with Gasteiger partial charge in [0.05, 0.1) is 19.3 Å². The van der Waals surface area contributed by atoms with Crippen molar-refractivity contribution in [1.82, 2.24) is 0 Å². The number of ether oxygens (including phenoxy) is 4. The highest BCUT2D eigenvalue weighted by Crippen LogP contribution is 2.44. The molecule has 1 aliphatic carbocycles. The molecule has 0 bridgehead atoms. The first kappa shape index (κ1) is 21.7. The summed E-state index contributed by atoms with van der Waals surface area (Å²) in [5.74, 6) is 0.221. The molecule has 6 atom stereocenters. The molecular weight excluding hydrogens is 444 g/mol. The summed E-state index contributed by atoms with van der Waals surface area (Å²) in [4.78, 5) is 0.257. The van der Waals surface area contributed by atoms with Gasteiger partial charge in [0, 0.05) is 24.3 Å². The molecule has 1 fully saturated rings. The van der Waals surface area contributed by atoms with E-state index >= 15 is 0 Å². The van der Waals surface area contributed by atoms with Gasteiger partial charge in [-0.05, 0) is 17.5 Å². The third-order valence-electron chi connectivity index (χ3n) is 5.71. The second-order valence-corrected chi connectivity index (χ2v) is 8.95. The topological polar surface area (TPSA) is 36.9 Å². The molecule has 30 heavy (non-hydrogen) atoms. The third kappa shape index (κ3) is 5.21. The zero-order valence-electron chi connectivity index (χ0n) is 17.2. The summed E-state index contributed by atoms with van der Waals surface area (Å²) in [5.41, 5.74) is 2.19. The van der Waals surface area contributed by atoms with Crippen LogP contribution in [-0.4, -0.2) is 37.5 Å². The summed E-state index contributed by atoms with van der Waals surface area (Å²) >= 11 is 3.87. The molecule has 0 spiro atoms. The van der Waals surface area contributed by atoms with Gasteiger partial charge in [-0.1, -0.05) is 88.7 Å². The number of benzene rings is 2. The number of rotatable bonds is 6. The average molecular weight is 473 g/mol. The molecule has 4 rings (SSSR count). The molecular formula is C25H29BrO4. The highest BCUT2D eigenvalue weighted by molar-refractivity contribution is 9.09. The monoisotopic (exact) mass is 472 g/mol. The second kappa shape index (κ2) is 10.7. The first-order valence-corrected chi connectivity index (χ1v) is 11.5. The lowest BCUT2D eigenvalue weighted by Gasteiger charge is -2.42. The molecule has 0 radical (unpaired) electrons. The van der Waals surface area contributed by atoms with Gasteiger partial charge >= 0.3 is 0 Å². The molecule has 1 heterocycles. The molecule has 1 saturated heterocycles. The third-order valence-corrected chi connectivity index (χ3v) is 6.61. The van der Waals surface area contributed by atoms with E-state index in [-0.39, 0.29) is 35.3 Å². The minimum absolute atomic E-state index is 0.0452. The molecule has 0 amide bonds. The Bertz CT molecular complexity index is 797. The number of alkyl halides is 1. The van der Waals surface area contributed by atoms with Gasteiger partial charge < -0.3 is 18.9 Å². The van der Waals surface area contributed by atoms with Crippen molar-refractivity contribution in [2.24, 2.45) is 5.92 Å². The molecule has 2 aliphatic rings. The largest absolute Gasteiger partial charge is 0.382 e. The van der Waals surface area contributed by atoms with Crippen molar-refractivity contribution in [1.29, 1.82) is 0 Å². The zero-order valence-corrected chi connectivity index (χ0v) is 18.8. The fourth-order valence-corrected chi connectivity index (χ4v) is 4.94. The van der Waals surface area contributed by atoms with Gasteiger partial charge in [-0.15, -0.1) is 0 Å². The van der Waals surface area contributed by atoms with Crippen LogP contribution in [0.25, 0.3) is 0 Å². The lowest BCUT2D eigenvalue weighted by molar-refractivity contribution is -0.240. The van der Waals surface area contributed by atoms with E-state index in [2.05, 4.69) is 64.5 Å². The molecule has 5 heteroatoms. The Morgan fingerprint density at radius 3 is 2.17 bits per heavy atom. The average Bonchev–Trinajstić information content (AvgIpc) is 2.77. The molecule has 160 valence electrons. The van der Waals surface area contributed by atoms with E-state index in [1.54, 1.807) is 7.11 Å². The fourth-order valence-electron chi connectivity index (χ4n) is 4.21. The molecule has 2 aromatic rings. The molecule has 1 aliphatic heterocycles. The van der Waals surface area contributed by atoms with Crippen LogP contribution in [0.2, 0.25) is 0 Å². The van der Waals surface area contributed by atoms with Crippen molar-refractivity contribution >= 4 is 15.9 Å². The summed E-state index contributed by atoms with van der Waals surface area (Å²) in [5, 5.41) is 0. The lowest BCUT2D eigenvalue weighted by Crippen LogP contribution is -2.42. The van der Waals surface area contributed by atoms with Crippen LogP contribution in [0.5, 0.6) is 0 Å². The summed E-state index contributed by atoms with van der Waals surface area (Å²) in [6.07, 6.45) is 5.38. The lowest BCUT2D eigenvalue weighted by atomic mass is 9.87. The van der Waals surface area contributed by atoms with Crippen molar-refractivity contribution in [3.63, 3.8) is 0 Å². The van der Waals surface area contributed by atoms with E-state index in [4.69, 9.17) is 18.9 Å². The van der Waals surface area contributed by atoms with Crippen LogP contribution in [0.4, 0.5) is 0 Å². The van der Waals surface area contributed by atoms with E-state index in [0.29, 0.717) is 13.2 Å².